The van der Waals surface area contributed by atoms with Crippen molar-refractivity contribution in [1.29, 1.82) is 0 Å². The topological polar surface area (TPSA) is 53.2 Å². The SMILES string of the molecule is O=C(Nc1ccc(NC(=S)NCc2cc(C(F)(F)F)cc(C(F)(F)F)c2)cc1)c1ccccc1F. The number of alkyl halides is 6. The maximum Gasteiger partial charge on any atom is 0.416 e. The molecule has 0 aliphatic carbocycles. The lowest BCUT2D eigenvalue weighted by Crippen LogP contribution is -2.28. The fourth-order valence-corrected chi connectivity index (χ4v) is 3.15. The third-order valence-corrected chi connectivity index (χ3v) is 4.87. The molecule has 0 saturated carbocycles. The fourth-order valence-electron chi connectivity index (χ4n) is 2.96. The van der Waals surface area contributed by atoms with E-state index in [9.17, 15) is 35.5 Å². The van der Waals surface area contributed by atoms with Gasteiger partial charge < -0.3 is 16.0 Å². The van der Waals surface area contributed by atoms with Crippen LogP contribution in [0.3, 0.4) is 0 Å². The number of rotatable bonds is 5. The van der Waals surface area contributed by atoms with Crippen LogP contribution in [-0.2, 0) is 18.9 Å². The number of benzene rings is 3. The van der Waals surface area contributed by atoms with Crippen LogP contribution in [0.2, 0.25) is 0 Å². The van der Waals surface area contributed by atoms with E-state index in [1.807, 2.05) is 0 Å². The first-order chi connectivity index (χ1) is 16.3. The average Bonchev–Trinajstić information content (AvgIpc) is 2.78. The summed E-state index contributed by atoms with van der Waals surface area (Å²) in [6.45, 7) is -0.393. The van der Waals surface area contributed by atoms with E-state index in [2.05, 4.69) is 16.0 Å². The molecule has 3 rings (SSSR count). The van der Waals surface area contributed by atoms with Crippen LogP contribution >= 0.6 is 12.2 Å². The van der Waals surface area contributed by atoms with Gasteiger partial charge in [-0.3, -0.25) is 4.79 Å². The Hall–Kier alpha value is -3.67. The molecule has 0 radical (unpaired) electrons. The first kappa shape index (κ1) is 25.9. The lowest BCUT2D eigenvalue weighted by atomic mass is 10.0. The van der Waals surface area contributed by atoms with E-state index in [4.69, 9.17) is 12.2 Å². The zero-order valence-corrected chi connectivity index (χ0v) is 18.3. The second-order valence-corrected chi connectivity index (χ2v) is 7.64. The molecular weight excluding hydrogens is 499 g/mol. The van der Waals surface area contributed by atoms with Crippen LogP contribution in [0.4, 0.5) is 42.1 Å². The molecule has 0 aliphatic rings. The molecule has 0 spiro atoms. The lowest BCUT2D eigenvalue weighted by molar-refractivity contribution is -0.143. The van der Waals surface area contributed by atoms with Gasteiger partial charge >= 0.3 is 12.4 Å². The summed E-state index contributed by atoms with van der Waals surface area (Å²) in [6, 6.07) is 12.7. The standard InChI is InChI=1S/C23H16F7N3OS/c24-19-4-2-1-3-18(19)20(34)32-16-5-7-17(8-6-16)33-21(35)31-12-13-9-14(22(25,26)27)11-15(10-13)23(28,29)30/h1-11H,12H2,(H,32,34)(H2,31,33,35). The van der Waals surface area contributed by atoms with Crippen molar-refractivity contribution in [3.63, 3.8) is 0 Å². The molecule has 0 aliphatic heterocycles. The smallest absolute Gasteiger partial charge is 0.358 e. The van der Waals surface area contributed by atoms with Crippen LogP contribution in [-0.4, -0.2) is 11.0 Å². The van der Waals surface area contributed by atoms with Crippen molar-refractivity contribution in [2.24, 2.45) is 0 Å². The minimum absolute atomic E-state index is 0.0482. The van der Waals surface area contributed by atoms with E-state index in [1.54, 1.807) is 0 Å². The van der Waals surface area contributed by atoms with Crippen LogP contribution in [0, 0.1) is 5.82 Å². The highest BCUT2D eigenvalue weighted by Crippen LogP contribution is 2.36. The zero-order valence-electron chi connectivity index (χ0n) is 17.5. The number of halogens is 7. The monoisotopic (exact) mass is 515 g/mol. The molecule has 0 unspecified atom stereocenters. The van der Waals surface area contributed by atoms with Gasteiger partial charge in [-0.15, -0.1) is 0 Å². The minimum atomic E-state index is -4.95. The molecule has 0 atom stereocenters. The molecule has 0 aromatic heterocycles. The van der Waals surface area contributed by atoms with Crippen molar-refractivity contribution in [1.82, 2.24) is 5.32 Å². The highest BCUT2D eigenvalue weighted by Gasteiger charge is 2.36. The zero-order chi connectivity index (χ0) is 25.8. The molecule has 0 heterocycles. The summed E-state index contributed by atoms with van der Waals surface area (Å²) in [5.41, 5.74) is -2.46. The number of nitrogens with one attached hydrogen (secondary N) is 3. The van der Waals surface area contributed by atoms with E-state index < -0.39 is 41.7 Å². The number of hydrogen-bond donors (Lipinski definition) is 3. The Morgan fingerprint density at radius 1 is 0.771 bits per heavy atom. The van der Waals surface area contributed by atoms with Crippen LogP contribution in [0.1, 0.15) is 27.0 Å². The molecule has 3 aromatic carbocycles. The molecule has 0 saturated heterocycles. The van der Waals surface area contributed by atoms with Crippen molar-refractivity contribution >= 4 is 34.6 Å². The molecule has 35 heavy (non-hydrogen) atoms. The predicted octanol–water partition coefficient (Wildman–Crippen LogP) is 6.60. The van der Waals surface area contributed by atoms with E-state index >= 15 is 0 Å². The van der Waals surface area contributed by atoms with Crippen molar-refractivity contribution in [3.05, 3.63) is 94.8 Å². The predicted molar refractivity (Wildman–Crippen MR) is 120 cm³/mol. The third-order valence-electron chi connectivity index (χ3n) is 4.62. The van der Waals surface area contributed by atoms with Crippen LogP contribution in [0.15, 0.2) is 66.7 Å². The number of anilines is 2. The first-order valence-corrected chi connectivity index (χ1v) is 10.2. The van der Waals surface area contributed by atoms with Crippen molar-refractivity contribution < 1.29 is 35.5 Å². The number of amides is 1. The molecule has 1 amide bonds. The van der Waals surface area contributed by atoms with Crippen molar-refractivity contribution in [2.45, 2.75) is 18.9 Å². The summed E-state index contributed by atoms with van der Waals surface area (Å²) < 4.78 is 91.6. The molecular formula is C23H16F7N3OS. The van der Waals surface area contributed by atoms with Gasteiger partial charge in [0, 0.05) is 17.9 Å². The molecule has 0 fully saturated rings. The van der Waals surface area contributed by atoms with Gasteiger partial charge in [0.25, 0.3) is 5.91 Å². The Bertz CT molecular complexity index is 1190. The van der Waals surface area contributed by atoms with Gasteiger partial charge in [0.1, 0.15) is 5.82 Å². The number of carbonyl (C=O) groups is 1. The Morgan fingerprint density at radius 3 is 1.80 bits per heavy atom. The minimum Gasteiger partial charge on any atom is -0.358 e. The van der Waals surface area contributed by atoms with Crippen molar-refractivity contribution in [2.75, 3.05) is 10.6 Å². The summed E-state index contributed by atoms with van der Waals surface area (Å²) in [6.07, 6.45) is -9.89. The van der Waals surface area contributed by atoms with E-state index in [0.717, 1.165) is 6.07 Å². The van der Waals surface area contributed by atoms with Gasteiger partial charge in [0.2, 0.25) is 0 Å². The van der Waals surface area contributed by atoms with E-state index in [1.165, 1.54) is 42.5 Å². The number of thiocarbonyl (C=S) groups is 1. The third kappa shape index (κ3) is 7.15. The Kier molecular flexibility index (Phi) is 7.64. The van der Waals surface area contributed by atoms with E-state index in [0.29, 0.717) is 23.5 Å². The maximum atomic E-state index is 13.7. The summed E-state index contributed by atoms with van der Waals surface area (Å²) in [5.74, 6) is -1.33. The van der Waals surface area contributed by atoms with Gasteiger partial charge in [-0.1, -0.05) is 12.1 Å². The highest BCUT2D eigenvalue weighted by atomic mass is 32.1. The van der Waals surface area contributed by atoms with Crippen molar-refractivity contribution in [3.8, 4) is 0 Å². The fraction of sp³-hybridized carbons (Fsp3) is 0.130. The second kappa shape index (κ2) is 10.3. The summed E-state index contributed by atoms with van der Waals surface area (Å²) in [7, 11) is 0. The number of carbonyl (C=O) groups excluding carboxylic acids is 1. The molecule has 4 nitrogen and oxygen atoms in total. The second-order valence-electron chi connectivity index (χ2n) is 7.23. The van der Waals surface area contributed by atoms with Gasteiger partial charge in [-0.25, -0.2) is 4.39 Å². The van der Waals surface area contributed by atoms with Crippen LogP contribution < -0.4 is 16.0 Å². The van der Waals surface area contributed by atoms with Gasteiger partial charge in [0.15, 0.2) is 5.11 Å². The quantitative estimate of drug-likeness (QED) is 0.265. The Balaban J connectivity index is 1.61. The summed E-state index contributed by atoms with van der Waals surface area (Å²) >= 11 is 5.05. The lowest BCUT2D eigenvalue weighted by Gasteiger charge is -2.15. The summed E-state index contributed by atoms with van der Waals surface area (Å²) in [5, 5.41) is 7.75. The molecule has 3 aromatic rings. The molecule has 3 N–H and O–H groups in total. The van der Waals surface area contributed by atoms with Gasteiger partial charge in [0.05, 0.1) is 16.7 Å². The Morgan fingerprint density at radius 2 is 1.29 bits per heavy atom. The summed E-state index contributed by atoms with van der Waals surface area (Å²) in [4.78, 5) is 12.2. The molecule has 0 bridgehead atoms. The average molecular weight is 515 g/mol. The highest BCUT2D eigenvalue weighted by molar-refractivity contribution is 7.80. The molecule has 184 valence electrons. The normalized spacial score (nSPS) is 11.6. The van der Waals surface area contributed by atoms with E-state index in [-0.39, 0.29) is 22.3 Å². The Labute approximate surface area is 200 Å². The van der Waals surface area contributed by atoms with Crippen LogP contribution in [0.25, 0.3) is 0 Å². The maximum absolute atomic E-state index is 13.7. The van der Waals surface area contributed by atoms with Crippen LogP contribution in [0.5, 0.6) is 0 Å². The largest absolute Gasteiger partial charge is 0.416 e. The number of hydrogen-bond acceptors (Lipinski definition) is 2. The molecule has 12 heteroatoms. The van der Waals surface area contributed by atoms with Gasteiger partial charge in [-0.2, -0.15) is 26.3 Å². The first-order valence-electron chi connectivity index (χ1n) is 9.82. The van der Waals surface area contributed by atoms with Gasteiger partial charge in [-0.05, 0) is 72.4 Å².